The van der Waals surface area contributed by atoms with Gasteiger partial charge in [-0.3, -0.25) is 4.57 Å². The Balaban J connectivity index is 1.75. The van der Waals surface area contributed by atoms with Gasteiger partial charge in [-0.05, 0) is 49.3 Å². The largest absolute Gasteiger partial charge is 0.493 e. The Kier molecular flexibility index (Phi) is 6.71. The summed E-state index contributed by atoms with van der Waals surface area (Å²) in [5, 5.41) is 4.68. The zero-order valence-corrected chi connectivity index (χ0v) is 18.5. The van der Waals surface area contributed by atoms with E-state index in [1.165, 1.54) is 21.6 Å². The first kappa shape index (κ1) is 21.1. The van der Waals surface area contributed by atoms with Gasteiger partial charge in [-0.2, -0.15) is 9.78 Å². The molecule has 6 nitrogen and oxygen atoms in total. The van der Waals surface area contributed by atoms with E-state index in [0.29, 0.717) is 6.67 Å². The third kappa shape index (κ3) is 4.86. The Hall–Kier alpha value is -2.64. The summed E-state index contributed by atoms with van der Waals surface area (Å²) in [6, 6.07) is 14.4. The third-order valence-electron chi connectivity index (χ3n) is 5.05. The molecule has 0 saturated carbocycles. The number of methoxy groups -OCH3 is 2. The van der Waals surface area contributed by atoms with E-state index in [1.807, 2.05) is 35.9 Å². The van der Waals surface area contributed by atoms with E-state index in [1.54, 1.807) is 14.2 Å². The maximum atomic E-state index is 5.71. The minimum absolute atomic E-state index is 0.690. The van der Waals surface area contributed by atoms with Crippen LogP contribution in [0.2, 0.25) is 0 Å². The van der Waals surface area contributed by atoms with Crippen LogP contribution in [0, 0.1) is 18.6 Å². The molecule has 2 aromatic carbocycles. The Morgan fingerprint density at radius 3 is 2.34 bits per heavy atom. The number of aryl methyl sites for hydroxylation is 2. The highest BCUT2D eigenvalue weighted by molar-refractivity contribution is 7.71. The van der Waals surface area contributed by atoms with Gasteiger partial charge < -0.3 is 14.4 Å². The van der Waals surface area contributed by atoms with Crippen LogP contribution < -0.4 is 14.4 Å². The highest BCUT2D eigenvalue weighted by Crippen LogP contribution is 2.29. The SMILES string of the molecule is COc1cc(C)c(C[NH+](C)Cn2nc(C)n(Cc3ccccc3)c2=S)cc1OC. The number of nitrogens with zero attached hydrogens (tertiary/aromatic N) is 3. The van der Waals surface area contributed by atoms with Crippen molar-refractivity contribution < 1.29 is 14.4 Å². The van der Waals surface area contributed by atoms with Crippen molar-refractivity contribution in [1.29, 1.82) is 0 Å². The van der Waals surface area contributed by atoms with E-state index in [4.69, 9.17) is 21.7 Å². The molecule has 0 aliphatic carbocycles. The molecular formula is C22H29N4O2S+. The molecule has 0 radical (unpaired) electrons. The maximum Gasteiger partial charge on any atom is 0.203 e. The molecule has 3 aromatic rings. The van der Waals surface area contributed by atoms with E-state index in [2.05, 4.69) is 41.8 Å². The Morgan fingerprint density at radius 1 is 1.03 bits per heavy atom. The zero-order valence-electron chi connectivity index (χ0n) is 17.7. The second-order valence-corrected chi connectivity index (χ2v) is 7.69. The van der Waals surface area contributed by atoms with Crippen LogP contribution in [0.1, 0.15) is 22.5 Å². The highest BCUT2D eigenvalue weighted by Gasteiger charge is 2.15. The second kappa shape index (κ2) is 9.24. The summed E-state index contributed by atoms with van der Waals surface area (Å²) in [5.74, 6) is 2.43. The first-order valence-corrected chi connectivity index (χ1v) is 10.0. The van der Waals surface area contributed by atoms with Gasteiger partial charge in [0, 0.05) is 5.56 Å². The monoisotopic (exact) mass is 413 g/mol. The molecule has 3 rings (SSSR count). The quantitative estimate of drug-likeness (QED) is 0.577. The van der Waals surface area contributed by atoms with Crippen LogP contribution >= 0.6 is 12.2 Å². The topological polar surface area (TPSA) is 45.7 Å². The van der Waals surface area contributed by atoms with Crippen molar-refractivity contribution in [2.45, 2.75) is 33.6 Å². The molecule has 29 heavy (non-hydrogen) atoms. The number of nitrogens with one attached hydrogen (secondary N) is 1. The van der Waals surface area contributed by atoms with Gasteiger partial charge in [0.05, 0.1) is 27.8 Å². The summed E-state index contributed by atoms with van der Waals surface area (Å²) in [6.45, 7) is 6.35. The first-order valence-electron chi connectivity index (χ1n) is 9.64. The Labute approximate surface area is 177 Å². The Bertz CT molecular complexity index is 1030. The van der Waals surface area contributed by atoms with E-state index in [9.17, 15) is 0 Å². The lowest BCUT2D eigenvalue weighted by atomic mass is 10.1. The first-order chi connectivity index (χ1) is 13.9. The minimum atomic E-state index is 0.690. The van der Waals surface area contributed by atoms with Crippen LogP contribution in [-0.2, 0) is 19.8 Å². The molecule has 0 bridgehead atoms. The number of hydrogen-bond donors (Lipinski definition) is 1. The summed E-state index contributed by atoms with van der Waals surface area (Å²) in [7, 11) is 5.46. The summed E-state index contributed by atoms with van der Waals surface area (Å²) in [6.07, 6.45) is 0. The van der Waals surface area contributed by atoms with Crippen molar-refractivity contribution in [3.05, 3.63) is 69.8 Å². The molecule has 1 atom stereocenters. The van der Waals surface area contributed by atoms with Gasteiger partial charge >= 0.3 is 0 Å². The number of quaternary nitrogens is 1. The molecule has 0 aliphatic rings. The van der Waals surface area contributed by atoms with Crippen molar-refractivity contribution in [3.63, 3.8) is 0 Å². The molecule has 0 amide bonds. The van der Waals surface area contributed by atoms with E-state index >= 15 is 0 Å². The fourth-order valence-electron chi connectivity index (χ4n) is 3.45. The van der Waals surface area contributed by atoms with Gasteiger partial charge in [-0.1, -0.05) is 30.3 Å². The zero-order chi connectivity index (χ0) is 21.0. The van der Waals surface area contributed by atoms with Gasteiger partial charge in [0.1, 0.15) is 12.4 Å². The number of aromatic nitrogens is 3. The number of hydrogen-bond acceptors (Lipinski definition) is 4. The summed E-state index contributed by atoms with van der Waals surface area (Å²) in [5.41, 5.74) is 3.61. The average Bonchev–Trinajstić information content (AvgIpc) is 2.97. The van der Waals surface area contributed by atoms with Crippen LogP contribution in [0.5, 0.6) is 11.5 Å². The lowest BCUT2D eigenvalue weighted by molar-refractivity contribution is -0.917. The molecule has 7 heteroatoms. The summed E-state index contributed by atoms with van der Waals surface area (Å²) < 4.78 is 15.6. The van der Waals surface area contributed by atoms with Crippen molar-refractivity contribution in [2.75, 3.05) is 21.3 Å². The van der Waals surface area contributed by atoms with Gasteiger partial charge in [0.15, 0.2) is 18.2 Å². The predicted octanol–water partition coefficient (Wildman–Crippen LogP) is 2.77. The summed E-state index contributed by atoms with van der Waals surface area (Å²) in [4.78, 5) is 1.28. The highest BCUT2D eigenvalue weighted by atomic mass is 32.1. The van der Waals surface area contributed by atoms with Gasteiger partial charge in [0.2, 0.25) is 4.77 Å². The van der Waals surface area contributed by atoms with Crippen LogP contribution in [0.3, 0.4) is 0 Å². The van der Waals surface area contributed by atoms with E-state index < -0.39 is 0 Å². The lowest BCUT2D eigenvalue weighted by Crippen LogP contribution is -3.07. The van der Waals surface area contributed by atoms with Crippen molar-refractivity contribution in [3.8, 4) is 11.5 Å². The molecule has 0 spiro atoms. The van der Waals surface area contributed by atoms with Gasteiger partial charge in [0.25, 0.3) is 0 Å². The molecule has 0 fully saturated rings. The van der Waals surface area contributed by atoms with Crippen LogP contribution in [0.15, 0.2) is 42.5 Å². The van der Waals surface area contributed by atoms with Crippen molar-refractivity contribution in [1.82, 2.24) is 14.3 Å². The molecule has 1 aromatic heterocycles. The van der Waals surface area contributed by atoms with Crippen LogP contribution in [0.25, 0.3) is 0 Å². The lowest BCUT2D eigenvalue weighted by Gasteiger charge is -2.17. The number of benzene rings is 2. The van der Waals surface area contributed by atoms with E-state index in [-0.39, 0.29) is 0 Å². The van der Waals surface area contributed by atoms with Gasteiger partial charge in [-0.25, -0.2) is 0 Å². The average molecular weight is 414 g/mol. The molecular weight excluding hydrogens is 384 g/mol. The minimum Gasteiger partial charge on any atom is -0.493 e. The maximum absolute atomic E-state index is 5.71. The van der Waals surface area contributed by atoms with E-state index in [0.717, 1.165) is 35.2 Å². The van der Waals surface area contributed by atoms with Crippen molar-refractivity contribution >= 4 is 12.2 Å². The van der Waals surface area contributed by atoms with Gasteiger partial charge in [-0.15, -0.1) is 0 Å². The molecule has 1 unspecified atom stereocenters. The molecule has 1 heterocycles. The normalized spacial score (nSPS) is 12.0. The molecule has 0 saturated heterocycles. The van der Waals surface area contributed by atoms with Crippen molar-refractivity contribution in [2.24, 2.45) is 0 Å². The molecule has 0 aliphatic heterocycles. The molecule has 1 N–H and O–H groups in total. The smallest absolute Gasteiger partial charge is 0.203 e. The summed E-state index contributed by atoms with van der Waals surface area (Å²) >= 11 is 5.71. The standard InChI is InChI=1S/C22H28N4O2S/c1-16-11-20(27-4)21(28-5)12-19(16)14-24(3)15-26-22(29)25(17(2)23-26)13-18-9-7-6-8-10-18/h6-12H,13-15H2,1-5H3/p+1. The Morgan fingerprint density at radius 2 is 1.69 bits per heavy atom. The third-order valence-corrected chi connectivity index (χ3v) is 5.48. The molecule has 154 valence electrons. The number of ether oxygens (including phenoxy) is 2. The van der Waals surface area contributed by atoms with Crippen LogP contribution in [-0.4, -0.2) is 35.6 Å². The fraction of sp³-hybridized carbons (Fsp3) is 0.364. The fourth-order valence-corrected chi connectivity index (χ4v) is 3.75. The van der Waals surface area contributed by atoms with Crippen LogP contribution in [0.4, 0.5) is 0 Å². The number of rotatable bonds is 8. The second-order valence-electron chi connectivity index (χ2n) is 7.33. The predicted molar refractivity (Wildman–Crippen MR) is 116 cm³/mol.